The van der Waals surface area contributed by atoms with Crippen molar-refractivity contribution >= 4 is 17.9 Å². The van der Waals surface area contributed by atoms with Crippen LogP contribution in [0.3, 0.4) is 0 Å². The van der Waals surface area contributed by atoms with Crippen LogP contribution in [0.2, 0.25) is 0 Å². The van der Waals surface area contributed by atoms with E-state index in [4.69, 9.17) is 14.2 Å². The summed E-state index contributed by atoms with van der Waals surface area (Å²) < 4.78 is 16.8. The molecule has 0 amide bonds. The molecule has 2 atom stereocenters. The van der Waals surface area contributed by atoms with Gasteiger partial charge in [-0.2, -0.15) is 0 Å². The maximum Gasteiger partial charge on any atom is 0.306 e. The molecule has 0 bridgehead atoms. The quantitative estimate of drug-likeness (QED) is 0.0344. The van der Waals surface area contributed by atoms with E-state index in [1.165, 1.54) is 199 Å². The Morgan fingerprint density at radius 1 is 0.339 bits per heavy atom. The largest absolute Gasteiger partial charge is 0.462 e. The fourth-order valence-corrected chi connectivity index (χ4v) is 8.49. The van der Waals surface area contributed by atoms with Crippen molar-refractivity contribution in [3.8, 4) is 0 Å². The number of hydrogen-bond donors (Lipinski definition) is 0. The molecule has 0 aliphatic heterocycles. The minimum absolute atomic E-state index is 0.0634. The number of hydrogen-bond acceptors (Lipinski definition) is 6. The zero-order valence-corrected chi connectivity index (χ0v) is 42.5. The molecule has 0 aliphatic rings. The van der Waals surface area contributed by atoms with Gasteiger partial charge in [0, 0.05) is 19.3 Å². The van der Waals surface area contributed by atoms with E-state index in [9.17, 15) is 14.4 Å². The Morgan fingerprint density at radius 3 is 0.919 bits per heavy atom. The van der Waals surface area contributed by atoms with Gasteiger partial charge in [-0.3, -0.25) is 14.4 Å². The van der Waals surface area contributed by atoms with E-state index < -0.39 is 6.10 Å². The molecule has 0 aromatic carbocycles. The van der Waals surface area contributed by atoms with Gasteiger partial charge in [0.15, 0.2) is 6.10 Å². The summed E-state index contributed by atoms with van der Waals surface area (Å²) in [6, 6.07) is 0. The van der Waals surface area contributed by atoms with Crippen molar-refractivity contribution in [2.75, 3.05) is 13.2 Å². The summed E-state index contributed by atoms with van der Waals surface area (Å²) in [4.78, 5) is 37.9. The third-order valence-electron chi connectivity index (χ3n) is 13.1. The monoisotopic (exact) mass is 877 g/mol. The number of unbranched alkanes of at least 4 members (excludes halogenated alkanes) is 34. The Kier molecular flexibility index (Phi) is 47.6. The van der Waals surface area contributed by atoms with Gasteiger partial charge in [-0.1, -0.05) is 272 Å². The number of ether oxygens (including phenoxy) is 3. The van der Waals surface area contributed by atoms with Gasteiger partial charge in [0.05, 0.1) is 0 Å². The summed E-state index contributed by atoms with van der Waals surface area (Å²) in [5.74, 6) is 0.898. The topological polar surface area (TPSA) is 78.9 Å². The van der Waals surface area contributed by atoms with Gasteiger partial charge in [-0.25, -0.2) is 0 Å². The number of carbonyl (C=O) groups is 3. The van der Waals surface area contributed by atoms with E-state index in [2.05, 4.69) is 34.6 Å². The summed E-state index contributed by atoms with van der Waals surface area (Å²) in [5, 5.41) is 0. The maximum absolute atomic E-state index is 12.8. The van der Waals surface area contributed by atoms with Gasteiger partial charge >= 0.3 is 17.9 Å². The summed E-state index contributed by atoms with van der Waals surface area (Å²) in [7, 11) is 0. The molecular weight excluding hydrogens is 769 g/mol. The van der Waals surface area contributed by atoms with Crippen LogP contribution in [0.25, 0.3) is 0 Å². The molecule has 62 heavy (non-hydrogen) atoms. The minimum atomic E-state index is -0.761. The lowest BCUT2D eigenvalue weighted by Crippen LogP contribution is -2.30. The van der Waals surface area contributed by atoms with Crippen molar-refractivity contribution in [1.82, 2.24) is 0 Å². The second-order valence-electron chi connectivity index (χ2n) is 19.9. The molecule has 0 aromatic rings. The standard InChI is InChI=1S/C56H108O6/c1-6-8-9-10-29-36-41-46-54(57)60-49-53(50-61-55(58)47-42-37-32-27-23-19-16-15-18-22-26-31-35-40-45-52(5)7-2)62-56(59)48-43-38-33-28-24-20-14-12-11-13-17-21-25-30-34-39-44-51(3)4/h51-53H,6-50H2,1-5H3/t52?,53-/m0/s1. The van der Waals surface area contributed by atoms with Crippen molar-refractivity contribution in [2.45, 2.75) is 317 Å². The number of rotatable bonds is 50. The van der Waals surface area contributed by atoms with Crippen LogP contribution in [0.1, 0.15) is 311 Å². The molecule has 0 aromatic heterocycles. The minimum Gasteiger partial charge on any atom is -0.462 e. The van der Waals surface area contributed by atoms with Gasteiger partial charge in [-0.05, 0) is 31.1 Å². The fraction of sp³-hybridized carbons (Fsp3) is 0.946. The third kappa shape index (κ3) is 47.9. The van der Waals surface area contributed by atoms with Crippen LogP contribution in [0.4, 0.5) is 0 Å². The van der Waals surface area contributed by atoms with Crippen LogP contribution >= 0.6 is 0 Å². The third-order valence-corrected chi connectivity index (χ3v) is 13.1. The molecule has 0 fully saturated rings. The lowest BCUT2D eigenvalue weighted by molar-refractivity contribution is -0.167. The van der Waals surface area contributed by atoms with Gasteiger partial charge in [0.25, 0.3) is 0 Å². The number of carbonyl (C=O) groups excluding carboxylic acids is 3. The van der Waals surface area contributed by atoms with Crippen molar-refractivity contribution in [1.29, 1.82) is 0 Å². The Balaban J connectivity index is 4.16. The van der Waals surface area contributed by atoms with Crippen LogP contribution in [0.15, 0.2) is 0 Å². The Bertz CT molecular complexity index is 949. The normalized spacial score (nSPS) is 12.5. The first-order valence-corrected chi connectivity index (χ1v) is 27.8. The predicted octanol–water partition coefficient (Wildman–Crippen LogP) is 18.1. The van der Waals surface area contributed by atoms with Gasteiger partial charge in [0.2, 0.25) is 0 Å². The fourth-order valence-electron chi connectivity index (χ4n) is 8.49. The van der Waals surface area contributed by atoms with Crippen LogP contribution in [-0.2, 0) is 28.6 Å². The van der Waals surface area contributed by atoms with Gasteiger partial charge in [0.1, 0.15) is 13.2 Å². The first-order valence-electron chi connectivity index (χ1n) is 27.8. The van der Waals surface area contributed by atoms with Crippen molar-refractivity contribution in [2.24, 2.45) is 11.8 Å². The molecule has 0 rings (SSSR count). The molecule has 0 radical (unpaired) electrons. The van der Waals surface area contributed by atoms with Gasteiger partial charge < -0.3 is 14.2 Å². The molecule has 368 valence electrons. The summed E-state index contributed by atoms with van der Waals surface area (Å²) in [6.07, 6.45) is 51.0. The Morgan fingerprint density at radius 2 is 0.613 bits per heavy atom. The highest BCUT2D eigenvalue weighted by Crippen LogP contribution is 2.18. The average Bonchev–Trinajstić information content (AvgIpc) is 3.26. The molecule has 0 N–H and O–H groups in total. The highest BCUT2D eigenvalue weighted by molar-refractivity contribution is 5.71. The second kappa shape index (κ2) is 48.9. The Labute approximate surface area is 387 Å². The number of esters is 3. The van der Waals surface area contributed by atoms with Crippen molar-refractivity contribution in [3.63, 3.8) is 0 Å². The van der Waals surface area contributed by atoms with E-state index in [1.807, 2.05) is 0 Å². The van der Waals surface area contributed by atoms with Crippen LogP contribution < -0.4 is 0 Å². The molecule has 1 unspecified atom stereocenters. The average molecular weight is 877 g/mol. The molecule has 0 heterocycles. The molecule has 0 saturated carbocycles. The first kappa shape index (κ1) is 60.4. The first-order chi connectivity index (χ1) is 30.3. The van der Waals surface area contributed by atoms with Crippen LogP contribution in [0, 0.1) is 11.8 Å². The van der Waals surface area contributed by atoms with Gasteiger partial charge in [-0.15, -0.1) is 0 Å². The van der Waals surface area contributed by atoms with E-state index in [0.29, 0.717) is 19.3 Å². The predicted molar refractivity (Wildman–Crippen MR) is 266 cm³/mol. The smallest absolute Gasteiger partial charge is 0.306 e. The van der Waals surface area contributed by atoms with E-state index >= 15 is 0 Å². The summed E-state index contributed by atoms with van der Waals surface area (Å²) >= 11 is 0. The summed E-state index contributed by atoms with van der Waals surface area (Å²) in [6.45, 7) is 11.4. The molecule has 0 spiro atoms. The molecule has 6 heteroatoms. The van der Waals surface area contributed by atoms with Crippen LogP contribution in [-0.4, -0.2) is 37.2 Å². The zero-order chi connectivity index (χ0) is 45.4. The van der Waals surface area contributed by atoms with Crippen molar-refractivity contribution in [3.05, 3.63) is 0 Å². The highest BCUT2D eigenvalue weighted by atomic mass is 16.6. The molecular formula is C56H108O6. The second-order valence-corrected chi connectivity index (χ2v) is 19.9. The lowest BCUT2D eigenvalue weighted by Gasteiger charge is -2.18. The van der Waals surface area contributed by atoms with Crippen LogP contribution in [0.5, 0.6) is 0 Å². The SMILES string of the molecule is CCCCCCCCCC(=O)OC[C@@H](COC(=O)CCCCCCCCCCCCCCCCC(C)CC)OC(=O)CCCCCCCCCCCCCCCCCCC(C)C. The molecule has 0 saturated heterocycles. The van der Waals surface area contributed by atoms with E-state index in [0.717, 1.165) is 69.6 Å². The highest BCUT2D eigenvalue weighted by Gasteiger charge is 2.19. The Hall–Kier alpha value is -1.59. The zero-order valence-electron chi connectivity index (χ0n) is 42.5. The van der Waals surface area contributed by atoms with E-state index in [-0.39, 0.29) is 31.1 Å². The summed E-state index contributed by atoms with van der Waals surface area (Å²) in [5.41, 5.74) is 0. The van der Waals surface area contributed by atoms with Crippen molar-refractivity contribution < 1.29 is 28.6 Å². The van der Waals surface area contributed by atoms with E-state index in [1.54, 1.807) is 0 Å². The molecule has 0 aliphatic carbocycles. The molecule has 6 nitrogen and oxygen atoms in total. The maximum atomic E-state index is 12.8. The lowest BCUT2D eigenvalue weighted by atomic mass is 9.99.